The Balaban J connectivity index is 1.36. The molecule has 1 saturated heterocycles. The number of piperidine rings is 1. The molecule has 0 unspecified atom stereocenters. The molecule has 2 amide bonds. The summed E-state index contributed by atoms with van der Waals surface area (Å²) in [5.74, 6) is 1.91. The molecule has 1 aromatic carbocycles. The average Bonchev–Trinajstić information content (AvgIpc) is 2.96. The molecule has 198 valence electrons. The Morgan fingerprint density at radius 2 is 1.84 bits per heavy atom. The van der Waals surface area contributed by atoms with Gasteiger partial charge in [0.05, 0.1) is 12.2 Å². The Bertz CT molecular complexity index is 1260. The number of ether oxygens (including phenoxy) is 1. The van der Waals surface area contributed by atoms with Gasteiger partial charge in [0.2, 0.25) is 0 Å². The molecule has 2 aromatic heterocycles. The molecule has 4 heterocycles. The molecule has 1 spiro atoms. The summed E-state index contributed by atoms with van der Waals surface area (Å²) in [6, 6.07) is 12.7. The molecule has 2 aliphatic rings. The molecule has 1 N–H and O–H groups in total. The number of hydrogen-bond acceptors (Lipinski definition) is 8. The fourth-order valence-corrected chi connectivity index (χ4v) is 5.24. The second-order valence-corrected chi connectivity index (χ2v) is 9.99. The normalized spacial score (nSPS) is 18.3. The van der Waals surface area contributed by atoms with Crippen LogP contribution >= 0.6 is 0 Å². The van der Waals surface area contributed by atoms with Crippen molar-refractivity contribution in [3.8, 4) is 5.75 Å². The van der Waals surface area contributed by atoms with Crippen LogP contribution in [0, 0.1) is 12.3 Å². The van der Waals surface area contributed by atoms with Gasteiger partial charge in [-0.2, -0.15) is 5.10 Å². The van der Waals surface area contributed by atoms with Gasteiger partial charge in [-0.05, 0) is 62.9 Å². The van der Waals surface area contributed by atoms with Crippen molar-refractivity contribution < 1.29 is 14.3 Å². The maximum atomic E-state index is 13.0. The highest BCUT2D eigenvalue weighted by atomic mass is 16.5. The third-order valence-corrected chi connectivity index (χ3v) is 7.46. The number of nitrogens with zero attached hydrogens (tertiary/aromatic N) is 6. The molecule has 3 aromatic rings. The lowest BCUT2D eigenvalue weighted by Gasteiger charge is -2.42. The third-order valence-electron chi connectivity index (χ3n) is 7.46. The van der Waals surface area contributed by atoms with Gasteiger partial charge in [-0.1, -0.05) is 12.1 Å². The van der Waals surface area contributed by atoms with Crippen molar-refractivity contribution in [3.63, 3.8) is 0 Å². The van der Waals surface area contributed by atoms with Gasteiger partial charge in [0, 0.05) is 50.5 Å². The van der Waals surface area contributed by atoms with Crippen LogP contribution in [0.3, 0.4) is 0 Å². The summed E-state index contributed by atoms with van der Waals surface area (Å²) < 4.78 is 6.35. The van der Waals surface area contributed by atoms with Gasteiger partial charge in [-0.25, -0.2) is 9.97 Å². The molecular weight excluding hydrogens is 482 g/mol. The molecule has 0 atom stereocenters. The summed E-state index contributed by atoms with van der Waals surface area (Å²) >= 11 is 0. The largest absolute Gasteiger partial charge is 0.492 e. The van der Waals surface area contributed by atoms with Gasteiger partial charge in [0.15, 0.2) is 5.69 Å². The number of benzene rings is 1. The number of likely N-dealkylation sites (tertiary alicyclic amines) is 1. The topological polar surface area (TPSA) is 113 Å². The smallest absolute Gasteiger partial charge is 0.274 e. The molecule has 2 aliphatic heterocycles. The van der Waals surface area contributed by atoms with Crippen LogP contribution in [-0.2, 0) is 0 Å². The van der Waals surface area contributed by atoms with Gasteiger partial charge >= 0.3 is 0 Å². The zero-order chi connectivity index (χ0) is 26.4. The second-order valence-electron chi connectivity index (χ2n) is 9.99. The first-order valence-corrected chi connectivity index (χ1v) is 13.1. The molecule has 0 aliphatic carbocycles. The van der Waals surface area contributed by atoms with E-state index in [-0.39, 0.29) is 17.2 Å². The van der Waals surface area contributed by atoms with E-state index in [0.29, 0.717) is 55.6 Å². The van der Waals surface area contributed by atoms with Crippen LogP contribution in [0.5, 0.6) is 5.75 Å². The predicted octanol–water partition coefficient (Wildman–Crippen LogP) is 2.91. The number of carbonyl (C=O) groups excluding carboxylic acids is 2. The van der Waals surface area contributed by atoms with E-state index in [1.54, 1.807) is 30.6 Å². The predicted molar refractivity (Wildman–Crippen MR) is 142 cm³/mol. The Labute approximate surface area is 222 Å². The Hall–Kier alpha value is -4.08. The number of carbonyl (C=O) groups is 2. The number of aromatic nitrogens is 4. The Morgan fingerprint density at radius 1 is 1.00 bits per heavy atom. The van der Waals surface area contributed by atoms with Crippen molar-refractivity contribution in [2.24, 2.45) is 5.41 Å². The minimum absolute atomic E-state index is 0.0918. The van der Waals surface area contributed by atoms with Crippen LogP contribution in [0.4, 0.5) is 5.82 Å². The van der Waals surface area contributed by atoms with Crippen LogP contribution < -0.4 is 15.0 Å². The van der Waals surface area contributed by atoms with E-state index in [2.05, 4.69) is 30.4 Å². The number of rotatable bonds is 2. The first kappa shape index (κ1) is 25.6. The second kappa shape index (κ2) is 11.5. The van der Waals surface area contributed by atoms with Gasteiger partial charge in [0.25, 0.3) is 11.8 Å². The van der Waals surface area contributed by atoms with Crippen molar-refractivity contribution in [1.29, 1.82) is 0 Å². The quantitative estimate of drug-likeness (QED) is 0.554. The van der Waals surface area contributed by atoms with E-state index in [1.807, 2.05) is 36.1 Å². The number of para-hydroxylation sites is 1. The minimum atomic E-state index is -0.155. The standard InChI is InChI=1S/C28H33N7O3/c1-21-29-14-9-25(32-21)34-16-5-10-28(11-17-35(18-12-28)27(37)23-7-4-13-31-33-23)20-38-24-8-3-2-6-22(24)26(36)30-15-19-34/h2-4,6-9,13-14H,5,10-12,15-20H2,1H3,(H,30,36). The highest BCUT2D eigenvalue weighted by molar-refractivity contribution is 5.97. The number of aryl methyl sites for hydroxylation is 1. The summed E-state index contributed by atoms with van der Waals surface area (Å²) in [6.45, 7) is 5.52. The van der Waals surface area contributed by atoms with Crippen molar-refractivity contribution >= 4 is 17.6 Å². The summed E-state index contributed by atoms with van der Waals surface area (Å²) in [5, 5.41) is 10.9. The van der Waals surface area contributed by atoms with Crippen molar-refractivity contribution in [2.75, 3.05) is 44.2 Å². The Kier molecular flexibility index (Phi) is 7.76. The third kappa shape index (κ3) is 5.90. The Morgan fingerprint density at radius 3 is 2.63 bits per heavy atom. The lowest BCUT2D eigenvalue weighted by atomic mass is 9.75. The van der Waals surface area contributed by atoms with E-state index in [4.69, 9.17) is 4.74 Å². The first-order valence-electron chi connectivity index (χ1n) is 13.1. The van der Waals surface area contributed by atoms with Gasteiger partial charge in [-0.15, -0.1) is 5.10 Å². The highest BCUT2D eigenvalue weighted by Gasteiger charge is 2.37. The molecule has 5 rings (SSSR count). The van der Waals surface area contributed by atoms with Crippen molar-refractivity contribution in [2.45, 2.75) is 32.6 Å². The molecule has 38 heavy (non-hydrogen) atoms. The number of anilines is 1. The molecular formula is C28H33N7O3. The van der Waals surface area contributed by atoms with E-state index >= 15 is 0 Å². The minimum Gasteiger partial charge on any atom is -0.492 e. The van der Waals surface area contributed by atoms with Crippen LogP contribution in [0.1, 0.15) is 52.4 Å². The molecule has 1 fully saturated rings. The molecule has 10 nitrogen and oxygen atoms in total. The molecule has 0 bridgehead atoms. The van der Waals surface area contributed by atoms with E-state index in [0.717, 1.165) is 38.0 Å². The van der Waals surface area contributed by atoms with E-state index < -0.39 is 0 Å². The van der Waals surface area contributed by atoms with Crippen molar-refractivity contribution in [3.05, 3.63) is 71.9 Å². The lowest BCUT2D eigenvalue weighted by Crippen LogP contribution is -2.46. The summed E-state index contributed by atoms with van der Waals surface area (Å²) in [7, 11) is 0. The maximum absolute atomic E-state index is 13.0. The van der Waals surface area contributed by atoms with E-state index in [1.165, 1.54) is 0 Å². The van der Waals surface area contributed by atoms with Crippen LogP contribution in [-0.4, -0.2) is 76.2 Å². The maximum Gasteiger partial charge on any atom is 0.274 e. The zero-order valence-electron chi connectivity index (χ0n) is 21.7. The molecule has 0 radical (unpaired) electrons. The van der Waals surface area contributed by atoms with Crippen molar-refractivity contribution in [1.82, 2.24) is 30.4 Å². The van der Waals surface area contributed by atoms with Crippen LogP contribution in [0.15, 0.2) is 54.9 Å². The highest BCUT2D eigenvalue weighted by Crippen LogP contribution is 2.38. The monoisotopic (exact) mass is 515 g/mol. The summed E-state index contributed by atoms with van der Waals surface area (Å²) in [6.07, 6.45) is 6.81. The van der Waals surface area contributed by atoms with Crippen LogP contribution in [0.2, 0.25) is 0 Å². The van der Waals surface area contributed by atoms with Gasteiger partial charge in [0.1, 0.15) is 17.4 Å². The zero-order valence-corrected chi connectivity index (χ0v) is 21.7. The fraction of sp³-hybridized carbons (Fsp3) is 0.429. The average molecular weight is 516 g/mol. The molecule has 10 heteroatoms. The number of amides is 2. The number of fused-ring (bicyclic) bond motifs is 1. The lowest BCUT2D eigenvalue weighted by molar-refractivity contribution is 0.0360. The first-order chi connectivity index (χ1) is 18.5. The van der Waals surface area contributed by atoms with Gasteiger partial charge in [-0.3, -0.25) is 9.59 Å². The van der Waals surface area contributed by atoms with E-state index in [9.17, 15) is 9.59 Å². The molecule has 0 saturated carbocycles. The summed E-state index contributed by atoms with van der Waals surface area (Å²) in [5.41, 5.74) is 0.774. The van der Waals surface area contributed by atoms with Gasteiger partial charge < -0.3 is 19.9 Å². The summed E-state index contributed by atoms with van der Waals surface area (Å²) in [4.78, 5) is 38.9. The number of hydrogen-bond donors (Lipinski definition) is 1. The fourth-order valence-electron chi connectivity index (χ4n) is 5.24. The van der Waals surface area contributed by atoms with Crippen LogP contribution in [0.25, 0.3) is 0 Å². The number of nitrogens with one attached hydrogen (secondary N) is 1. The SMILES string of the molecule is Cc1nccc(N2CCCC3(CCN(C(=O)c4cccnn4)CC3)COc3ccccc3C(=O)NCC2)n1.